The van der Waals surface area contributed by atoms with Gasteiger partial charge in [-0.3, -0.25) is 9.59 Å². The molecule has 2 N–H and O–H groups in total. The first-order valence-corrected chi connectivity index (χ1v) is 14.1. The van der Waals surface area contributed by atoms with Crippen LogP contribution in [0.5, 0.6) is 0 Å². The maximum atomic E-state index is 12.9. The van der Waals surface area contributed by atoms with Gasteiger partial charge in [0.25, 0.3) is 11.8 Å². The minimum Gasteiger partial charge on any atom is -0.266 e. The molecule has 0 unspecified atom stereocenters. The number of nitrogens with zero attached hydrogens (tertiary/aromatic N) is 3. The van der Waals surface area contributed by atoms with Crippen molar-refractivity contribution in [1.29, 1.82) is 0 Å². The van der Waals surface area contributed by atoms with Crippen LogP contribution in [0.4, 0.5) is 0 Å². The number of nitrogens with one attached hydrogen (secondary N) is 2. The normalized spacial score (nSPS) is 11.6. The summed E-state index contributed by atoms with van der Waals surface area (Å²) in [6.07, 6.45) is 3.29. The van der Waals surface area contributed by atoms with E-state index in [2.05, 4.69) is 38.2 Å². The van der Waals surface area contributed by atoms with Crippen LogP contribution in [-0.4, -0.2) is 29.2 Å². The smallest absolute Gasteiger partial charge is 0.266 e. The molecular weight excluding hydrogens is 546 g/mol. The number of aromatic nitrogens is 1. The maximum Gasteiger partial charge on any atom is 0.289 e. The molecule has 0 saturated heterocycles. The Morgan fingerprint density at radius 3 is 1.18 bits per heavy atom. The van der Waals surface area contributed by atoms with E-state index in [9.17, 15) is 9.59 Å². The number of fused-ring (bicyclic) bond motifs is 4. The van der Waals surface area contributed by atoms with E-state index in [-0.39, 0.29) is 11.4 Å². The molecule has 1 aromatic heterocycles. The zero-order valence-corrected chi connectivity index (χ0v) is 23.4. The van der Waals surface area contributed by atoms with Gasteiger partial charge in [0, 0.05) is 11.1 Å². The molecule has 1 heterocycles. The number of pyridine rings is 1. The van der Waals surface area contributed by atoms with Crippen molar-refractivity contribution < 1.29 is 9.59 Å². The molecule has 210 valence electrons. The highest BCUT2D eigenvalue weighted by atomic mass is 16.2. The topological polar surface area (TPSA) is 95.8 Å². The Kier molecular flexibility index (Phi) is 7.02. The molecule has 0 bridgehead atoms. The summed E-state index contributed by atoms with van der Waals surface area (Å²) in [7, 11) is 0. The highest BCUT2D eigenvalue weighted by Crippen LogP contribution is 2.28. The Morgan fingerprint density at radius 2 is 0.818 bits per heavy atom. The van der Waals surface area contributed by atoms with Crippen LogP contribution in [0.2, 0.25) is 0 Å². The minimum absolute atomic E-state index is 0.0570. The highest BCUT2D eigenvalue weighted by Gasteiger charge is 2.13. The fourth-order valence-corrected chi connectivity index (χ4v) is 5.49. The molecule has 7 nitrogen and oxygen atoms in total. The van der Waals surface area contributed by atoms with Gasteiger partial charge in [-0.2, -0.15) is 10.2 Å². The molecule has 0 aliphatic heterocycles. The van der Waals surface area contributed by atoms with Crippen molar-refractivity contribution in [2.24, 2.45) is 10.2 Å². The molecule has 0 atom stereocenters. The molecule has 2 amide bonds. The summed E-state index contributed by atoms with van der Waals surface area (Å²) >= 11 is 0. The van der Waals surface area contributed by atoms with Crippen molar-refractivity contribution in [3.05, 3.63) is 150 Å². The molecule has 0 fully saturated rings. The monoisotopic (exact) mass is 571 g/mol. The molecule has 7 rings (SSSR count). The van der Waals surface area contributed by atoms with Gasteiger partial charge in [0.05, 0.1) is 12.4 Å². The van der Waals surface area contributed by atoms with Gasteiger partial charge in [0.15, 0.2) is 0 Å². The molecule has 0 aliphatic carbocycles. The lowest BCUT2D eigenvalue weighted by Crippen LogP contribution is -2.23. The van der Waals surface area contributed by atoms with Gasteiger partial charge in [-0.1, -0.05) is 103 Å². The number of benzene rings is 6. The average molecular weight is 572 g/mol. The highest BCUT2D eigenvalue weighted by molar-refractivity contribution is 6.14. The van der Waals surface area contributed by atoms with Gasteiger partial charge in [0.1, 0.15) is 11.4 Å². The number of carbonyl (C=O) groups excluding carboxylic acids is 2. The zero-order chi connectivity index (χ0) is 29.9. The van der Waals surface area contributed by atoms with E-state index < -0.39 is 11.8 Å². The number of carbonyl (C=O) groups is 2. The van der Waals surface area contributed by atoms with Gasteiger partial charge in [-0.05, 0) is 67.4 Å². The fraction of sp³-hybridized carbons (Fsp3) is 0. The lowest BCUT2D eigenvalue weighted by molar-refractivity contribution is 0.0945. The van der Waals surface area contributed by atoms with Crippen molar-refractivity contribution in [3.8, 4) is 0 Å². The second kappa shape index (κ2) is 11.6. The van der Waals surface area contributed by atoms with Crippen LogP contribution >= 0.6 is 0 Å². The largest absolute Gasteiger partial charge is 0.289 e. The first kappa shape index (κ1) is 26.7. The van der Waals surface area contributed by atoms with Crippen LogP contribution in [-0.2, 0) is 0 Å². The summed E-state index contributed by atoms with van der Waals surface area (Å²) in [5.41, 5.74) is 7.01. The summed E-state index contributed by atoms with van der Waals surface area (Å²) in [6, 6.07) is 41.1. The summed E-state index contributed by atoms with van der Waals surface area (Å²) in [5.74, 6) is -1.07. The molecule has 0 saturated carbocycles. The van der Waals surface area contributed by atoms with Crippen LogP contribution in [0, 0.1) is 0 Å². The number of hydrogen-bond acceptors (Lipinski definition) is 5. The Bertz CT molecular complexity index is 2020. The summed E-state index contributed by atoms with van der Waals surface area (Å²) < 4.78 is 0. The third kappa shape index (κ3) is 5.14. The number of hydrazone groups is 2. The van der Waals surface area contributed by atoms with Crippen molar-refractivity contribution in [1.82, 2.24) is 15.8 Å². The molecule has 0 aliphatic rings. The molecule has 7 aromatic rings. The summed E-state index contributed by atoms with van der Waals surface area (Å²) in [4.78, 5) is 30.1. The van der Waals surface area contributed by atoms with E-state index in [1.807, 2.05) is 97.1 Å². The van der Waals surface area contributed by atoms with Gasteiger partial charge < -0.3 is 0 Å². The van der Waals surface area contributed by atoms with Gasteiger partial charge in [-0.25, -0.2) is 15.8 Å². The molecule has 7 heteroatoms. The van der Waals surface area contributed by atoms with E-state index in [4.69, 9.17) is 0 Å². The quantitative estimate of drug-likeness (QED) is 0.125. The van der Waals surface area contributed by atoms with Crippen LogP contribution in [0.3, 0.4) is 0 Å². The van der Waals surface area contributed by atoms with Crippen LogP contribution in [0.15, 0.2) is 138 Å². The lowest BCUT2D eigenvalue weighted by atomic mass is 9.97. The first-order chi connectivity index (χ1) is 21.7. The molecule has 0 radical (unpaired) electrons. The van der Waals surface area contributed by atoms with Crippen molar-refractivity contribution in [2.45, 2.75) is 0 Å². The van der Waals surface area contributed by atoms with Gasteiger partial charge in [-0.15, -0.1) is 0 Å². The SMILES string of the molecule is O=C(N/N=C\c1c2ccccc2cc2ccccc12)c1cccc(C(=O)N/N=C/c2c3ccccc3cc3ccccc23)n1. The van der Waals surface area contributed by atoms with Crippen molar-refractivity contribution in [3.63, 3.8) is 0 Å². The minimum atomic E-state index is -0.536. The van der Waals surface area contributed by atoms with E-state index in [1.54, 1.807) is 18.5 Å². The predicted molar refractivity (Wildman–Crippen MR) is 177 cm³/mol. The predicted octanol–water partition coefficient (Wildman–Crippen LogP) is 7.22. The Hall–Kier alpha value is -6.21. The van der Waals surface area contributed by atoms with Crippen LogP contribution in [0.1, 0.15) is 32.1 Å². The third-order valence-electron chi connectivity index (χ3n) is 7.56. The number of hydrogen-bond donors (Lipinski definition) is 2. The zero-order valence-electron chi connectivity index (χ0n) is 23.4. The van der Waals surface area contributed by atoms with Gasteiger partial charge in [0.2, 0.25) is 0 Å². The van der Waals surface area contributed by atoms with Crippen molar-refractivity contribution >= 4 is 67.3 Å². The molecular formula is C37H25N5O2. The number of amides is 2. The standard InChI is InChI=1S/C37H25N5O2/c43-36(41-38-22-32-28-14-5-1-10-24(28)20-25-11-2-6-15-29(25)32)34-18-9-19-35(40-34)37(44)42-39-23-33-30-16-7-3-12-26(30)21-27-13-4-8-17-31(27)33/h1-23H,(H,41,43)(H,42,44)/b38-22-,39-23+. The lowest BCUT2D eigenvalue weighted by Gasteiger charge is -2.08. The second-order valence-corrected chi connectivity index (χ2v) is 10.3. The van der Waals surface area contributed by atoms with Crippen LogP contribution < -0.4 is 10.9 Å². The van der Waals surface area contributed by atoms with Gasteiger partial charge >= 0.3 is 0 Å². The van der Waals surface area contributed by atoms with E-state index in [1.165, 1.54) is 12.1 Å². The molecule has 44 heavy (non-hydrogen) atoms. The maximum absolute atomic E-state index is 12.9. The second-order valence-electron chi connectivity index (χ2n) is 10.3. The summed E-state index contributed by atoms with van der Waals surface area (Å²) in [5, 5.41) is 16.9. The van der Waals surface area contributed by atoms with E-state index >= 15 is 0 Å². The Labute approximate surface area is 252 Å². The number of rotatable bonds is 6. The first-order valence-electron chi connectivity index (χ1n) is 14.1. The van der Waals surface area contributed by atoms with E-state index in [0.717, 1.165) is 54.2 Å². The van der Waals surface area contributed by atoms with Crippen LogP contribution in [0.25, 0.3) is 43.1 Å². The molecule has 0 spiro atoms. The van der Waals surface area contributed by atoms with Crippen molar-refractivity contribution in [2.75, 3.05) is 0 Å². The third-order valence-corrected chi connectivity index (χ3v) is 7.56. The summed E-state index contributed by atoms with van der Waals surface area (Å²) in [6.45, 7) is 0. The molecule has 6 aromatic carbocycles. The Morgan fingerprint density at radius 1 is 0.477 bits per heavy atom. The fourth-order valence-electron chi connectivity index (χ4n) is 5.49. The van der Waals surface area contributed by atoms with E-state index in [0.29, 0.717) is 0 Å². The Balaban J connectivity index is 1.09. The average Bonchev–Trinajstić information content (AvgIpc) is 3.07.